The number of ether oxygens (including phenoxy) is 1. The summed E-state index contributed by atoms with van der Waals surface area (Å²) in [6, 6.07) is 14.1. The second-order valence-electron chi connectivity index (χ2n) is 5.26. The zero-order valence-electron chi connectivity index (χ0n) is 13.3. The average Bonchev–Trinajstić information content (AvgIpc) is 3.11. The van der Waals surface area contributed by atoms with Crippen molar-refractivity contribution in [3.8, 4) is 17.0 Å². The van der Waals surface area contributed by atoms with Gasteiger partial charge in [0.1, 0.15) is 5.75 Å². The topological polar surface area (TPSA) is 55.0 Å². The summed E-state index contributed by atoms with van der Waals surface area (Å²) < 4.78 is 5.08. The second kappa shape index (κ2) is 7.55. The van der Waals surface area contributed by atoms with E-state index < -0.39 is 0 Å². The lowest BCUT2D eigenvalue weighted by Gasteiger charge is -1.99. The number of rotatable bonds is 5. The van der Waals surface area contributed by atoms with E-state index in [0.717, 1.165) is 11.3 Å². The fourth-order valence-corrected chi connectivity index (χ4v) is 2.54. The summed E-state index contributed by atoms with van der Waals surface area (Å²) in [5, 5.41) is 8.06. The number of hydrogen-bond acceptors (Lipinski definition) is 3. The molecule has 0 unspecified atom stereocenters. The summed E-state index contributed by atoms with van der Waals surface area (Å²) in [4.78, 5) is 12.2. The molecule has 0 fully saturated rings. The Morgan fingerprint density at radius 2 is 1.84 bits per heavy atom. The molecule has 0 saturated carbocycles. The summed E-state index contributed by atoms with van der Waals surface area (Å²) in [6.45, 7) is 0. The lowest BCUT2D eigenvalue weighted by atomic mass is 10.1. The molecule has 1 aromatic heterocycles. The molecule has 4 nitrogen and oxygen atoms in total. The van der Waals surface area contributed by atoms with E-state index in [1.54, 1.807) is 49.6 Å². The van der Waals surface area contributed by atoms with Crippen molar-refractivity contribution < 1.29 is 9.53 Å². The standard InChI is InChI=1S/C19H14Cl2N2O2/c1-25-15-6-2-12(3-7-15)19(24)9-5-14-11-18(23-22-14)13-4-8-16(20)17(21)10-13/h2-11H,1H3,(H,22,23)/b9-5+. The van der Waals surface area contributed by atoms with Crippen LogP contribution in [0.1, 0.15) is 16.1 Å². The Labute approximate surface area is 155 Å². The number of carbonyl (C=O) groups excluding carboxylic acids is 1. The van der Waals surface area contributed by atoms with Crippen molar-refractivity contribution in [1.29, 1.82) is 0 Å². The number of ketones is 1. The van der Waals surface area contributed by atoms with Gasteiger partial charge < -0.3 is 4.74 Å². The second-order valence-corrected chi connectivity index (χ2v) is 6.08. The molecule has 2 aromatic carbocycles. The quantitative estimate of drug-likeness (QED) is 0.489. The van der Waals surface area contributed by atoms with Crippen molar-refractivity contribution in [3.63, 3.8) is 0 Å². The van der Waals surface area contributed by atoms with Crippen LogP contribution in [0.2, 0.25) is 10.0 Å². The van der Waals surface area contributed by atoms with Crippen LogP contribution < -0.4 is 4.74 Å². The molecule has 0 aliphatic heterocycles. The number of hydrogen-bond donors (Lipinski definition) is 1. The summed E-state index contributed by atoms with van der Waals surface area (Å²) in [6.07, 6.45) is 3.18. The number of methoxy groups -OCH3 is 1. The third-order valence-corrected chi connectivity index (χ3v) is 4.34. The number of allylic oxidation sites excluding steroid dienone is 1. The molecule has 3 aromatic rings. The van der Waals surface area contributed by atoms with Crippen molar-refractivity contribution in [3.05, 3.63) is 75.9 Å². The van der Waals surface area contributed by atoms with Crippen LogP contribution in [0, 0.1) is 0 Å². The Balaban J connectivity index is 1.74. The van der Waals surface area contributed by atoms with Crippen LogP contribution >= 0.6 is 23.2 Å². The Morgan fingerprint density at radius 1 is 1.08 bits per heavy atom. The number of aromatic nitrogens is 2. The normalized spacial score (nSPS) is 11.0. The van der Waals surface area contributed by atoms with Gasteiger partial charge in [-0.1, -0.05) is 29.3 Å². The Kier molecular flexibility index (Phi) is 5.22. The molecule has 1 N–H and O–H groups in total. The van der Waals surface area contributed by atoms with E-state index in [2.05, 4.69) is 10.2 Å². The van der Waals surface area contributed by atoms with Gasteiger partial charge in [-0.15, -0.1) is 0 Å². The number of carbonyl (C=O) groups is 1. The SMILES string of the molecule is COc1ccc(C(=O)/C=C/c2cc(-c3ccc(Cl)c(Cl)c3)n[nH]2)cc1. The molecule has 25 heavy (non-hydrogen) atoms. The number of benzene rings is 2. The van der Waals surface area contributed by atoms with Crippen molar-refractivity contribution in [1.82, 2.24) is 10.2 Å². The molecule has 6 heteroatoms. The molecule has 0 aliphatic rings. The molecule has 1 heterocycles. The third kappa shape index (κ3) is 4.10. The Hall–Kier alpha value is -2.56. The molecule has 0 saturated heterocycles. The highest BCUT2D eigenvalue weighted by atomic mass is 35.5. The number of halogens is 2. The fourth-order valence-electron chi connectivity index (χ4n) is 2.24. The molecule has 0 aliphatic carbocycles. The van der Waals surface area contributed by atoms with Gasteiger partial charge in [0.05, 0.1) is 28.5 Å². The Morgan fingerprint density at radius 3 is 2.52 bits per heavy atom. The minimum Gasteiger partial charge on any atom is -0.497 e. The van der Waals surface area contributed by atoms with Crippen LogP contribution in [-0.2, 0) is 0 Å². The molecule has 0 amide bonds. The molecular formula is C19H14Cl2N2O2. The van der Waals surface area contributed by atoms with Crippen LogP contribution in [0.3, 0.4) is 0 Å². The smallest absolute Gasteiger partial charge is 0.185 e. The lowest BCUT2D eigenvalue weighted by Crippen LogP contribution is -1.94. The van der Waals surface area contributed by atoms with E-state index in [-0.39, 0.29) is 5.78 Å². The first-order valence-electron chi connectivity index (χ1n) is 7.44. The van der Waals surface area contributed by atoms with E-state index in [1.165, 1.54) is 6.08 Å². The molecular weight excluding hydrogens is 359 g/mol. The predicted molar refractivity (Wildman–Crippen MR) is 100 cm³/mol. The lowest BCUT2D eigenvalue weighted by molar-refractivity contribution is 0.104. The van der Waals surface area contributed by atoms with Gasteiger partial charge in [-0.25, -0.2) is 0 Å². The zero-order valence-corrected chi connectivity index (χ0v) is 14.8. The largest absolute Gasteiger partial charge is 0.497 e. The van der Waals surface area contributed by atoms with Crippen LogP contribution in [0.4, 0.5) is 0 Å². The molecule has 0 spiro atoms. The van der Waals surface area contributed by atoms with Crippen molar-refractivity contribution >= 4 is 35.1 Å². The number of aromatic amines is 1. The van der Waals surface area contributed by atoms with Gasteiger partial charge >= 0.3 is 0 Å². The van der Waals surface area contributed by atoms with Crippen molar-refractivity contribution in [2.75, 3.05) is 7.11 Å². The van der Waals surface area contributed by atoms with Gasteiger partial charge in [0.2, 0.25) is 0 Å². The monoisotopic (exact) mass is 372 g/mol. The first-order chi connectivity index (χ1) is 12.1. The first kappa shape index (κ1) is 17.3. The zero-order chi connectivity index (χ0) is 17.8. The number of H-pyrrole nitrogens is 1. The highest BCUT2D eigenvalue weighted by Crippen LogP contribution is 2.27. The maximum absolute atomic E-state index is 12.2. The Bertz CT molecular complexity index is 931. The third-order valence-electron chi connectivity index (χ3n) is 3.60. The fraction of sp³-hybridized carbons (Fsp3) is 0.0526. The van der Waals surface area contributed by atoms with Crippen LogP contribution in [-0.4, -0.2) is 23.1 Å². The number of nitrogens with one attached hydrogen (secondary N) is 1. The summed E-state index contributed by atoms with van der Waals surface area (Å²) in [5.41, 5.74) is 2.85. The highest BCUT2D eigenvalue weighted by Gasteiger charge is 2.06. The average molecular weight is 373 g/mol. The van der Waals surface area contributed by atoms with Gasteiger partial charge in [0.15, 0.2) is 5.78 Å². The maximum Gasteiger partial charge on any atom is 0.185 e. The van der Waals surface area contributed by atoms with E-state index >= 15 is 0 Å². The van der Waals surface area contributed by atoms with Gasteiger partial charge in [0.25, 0.3) is 0 Å². The van der Waals surface area contributed by atoms with Crippen LogP contribution in [0.25, 0.3) is 17.3 Å². The van der Waals surface area contributed by atoms with Gasteiger partial charge in [-0.2, -0.15) is 5.10 Å². The molecule has 0 atom stereocenters. The predicted octanol–water partition coefficient (Wildman–Crippen LogP) is 5.29. The summed E-state index contributed by atoms with van der Waals surface area (Å²) in [5.74, 6) is 0.605. The first-order valence-corrected chi connectivity index (χ1v) is 8.20. The van der Waals surface area contributed by atoms with Crippen molar-refractivity contribution in [2.45, 2.75) is 0 Å². The van der Waals surface area contributed by atoms with Gasteiger partial charge in [0, 0.05) is 11.1 Å². The van der Waals surface area contributed by atoms with Crippen LogP contribution in [0.5, 0.6) is 5.75 Å². The molecule has 3 rings (SSSR count). The van der Waals surface area contributed by atoms with Crippen molar-refractivity contribution in [2.24, 2.45) is 0 Å². The van der Waals surface area contributed by atoms with E-state index in [4.69, 9.17) is 27.9 Å². The highest BCUT2D eigenvalue weighted by molar-refractivity contribution is 6.42. The van der Waals surface area contributed by atoms with E-state index in [1.807, 2.05) is 12.1 Å². The summed E-state index contributed by atoms with van der Waals surface area (Å²) >= 11 is 11.9. The minimum atomic E-state index is -0.103. The van der Waals surface area contributed by atoms with Gasteiger partial charge in [-0.3, -0.25) is 9.89 Å². The van der Waals surface area contributed by atoms with E-state index in [9.17, 15) is 4.79 Å². The van der Waals surface area contributed by atoms with E-state index in [0.29, 0.717) is 27.1 Å². The molecule has 0 bridgehead atoms. The minimum absolute atomic E-state index is 0.103. The van der Waals surface area contributed by atoms with Gasteiger partial charge in [-0.05, 0) is 54.6 Å². The summed E-state index contributed by atoms with van der Waals surface area (Å²) in [7, 11) is 1.58. The molecule has 0 radical (unpaired) electrons. The number of nitrogens with zero attached hydrogens (tertiary/aromatic N) is 1. The maximum atomic E-state index is 12.2. The molecule has 126 valence electrons. The van der Waals surface area contributed by atoms with Crippen LogP contribution in [0.15, 0.2) is 54.6 Å².